The first-order chi connectivity index (χ1) is 10.4. The van der Waals surface area contributed by atoms with Crippen LogP contribution in [0.4, 0.5) is 0 Å². The summed E-state index contributed by atoms with van der Waals surface area (Å²) in [4.78, 5) is 49.5. The van der Waals surface area contributed by atoms with E-state index in [1.54, 1.807) is 0 Å². The van der Waals surface area contributed by atoms with Crippen molar-refractivity contribution in [3.05, 3.63) is 91.9 Å². The van der Waals surface area contributed by atoms with Gasteiger partial charge in [0.2, 0.25) is 0 Å². The van der Waals surface area contributed by atoms with Gasteiger partial charge in [-0.1, -0.05) is 0 Å². The van der Waals surface area contributed by atoms with Crippen LogP contribution in [0, 0.1) is 168 Å². The first-order valence-corrected chi connectivity index (χ1v) is 3.29. The molecular formula is Dy2N6O18. The van der Waals surface area contributed by atoms with E-state index in [1.165, 1.54) is 0 Å². The van der Waals surface area contributed by atoms with Gasteiger partial charge in [0.15, 0.2) is 0 Å². The van der Waals surface area contributed by atoms with Crippen molar-refractivity contribution < 1.29 is 107 Å². The molecule has 0 aliphatic carbocycles. The molecule has 24 nitrogen and oxygen atoms in total. The van der Waals surface area contributed by atoms with Crippen LogP contribution in [-0.2, 0) is 0 Å². The van der Waals surface area contributed by atoms with E-state index in [1.807, 2.05) is 0 Å². The molecule has 158 valence electrons. The second kappa shape index (κ2) is 43.4. The first kappa shape index (κ1) is 49.6. The Bertz CT molecular complexity index is 261. The minimum atomic E-state index is -1.75. The summed E-state index contributed by atoms with van der Waals surface area (Å²) in [5, 5.41) is 88.5. The van der Waals surface area contributed by atoms with E-state index in [0.717, 1.165) is 0 Å². The summed E-state index contributed by atoms with van der Waals surface area (Å²) in [7, 11) is 0. The van der Waals surface area contributed by atoms with Gasteiger partial charge in [-0.3, -0.25) is 0 Å². The molecule has 0 unspecified atom stereocenters. The van der Waals surface area contributed by atoms with Crippen LogP contribution in [0.3, 0.4) is 0 Å². The molecule has 0 aliphatic heterocycles. The SMILES string of the molecule is O=[N+]([O-])[O-].O=[N+]([O-])[O-].O=[N+]([O-])[O-].O=[N+]([O-])[O-].O=[N+]([O-])[O-].O=[N+]([O-])[O-].[Dy+3].[Dy+3]. The third kappa shape index (κ3) is 1840. The van der Waals surface area contributed by atoms with Crippen molar-refractivity contribution >= 4 is 0 Å². The average Bonchev–Trinajstić information content (AvgIpc) is 2.08. The fourth-order valence-electron chi connectivity index (χ4n) is 0. The van der Waals surface area contributed by atoms with Gasteiger partial charge in [0.25, 0.3) is 0 Å². The van der Waals surface area contributed by atoms with Gasteiger partial charge >= 0.3 is 76.3 Å². The Balaban J connectivity index is -0.0000000245. The zero-order valence-corrected chi connectivity index (χ0v) is 14.7. The number of rotatable bonds is 0. The van der Waals surface area contributed by atoms with E-state index in [4.69, 9.17) is 91.9 Å². The molecule has 0 saturated carbocycles. The van der Waals surface area contributed by atoms with E-state index in [9.17, 15) is 0 Å². The fourth-order valence-corrected chi connectivity index (χ4v) is 0. The topological polar surface area (TPSA) is 397 Å². The number of nitrogens with zero attached hydrogens (tertiary/aromatic N) is 6. The van der Waals surface area contributed by atoms with Crippen molar-refractivity contribution in [2.45, 2.75) is 0 Å². The summed E-state index contributed by atoms with van der Waals surface area (Å²) in [6.07, 6.45) is 0. The van der Waals surface area contributed by atoms with E-state index in [-0.39, 0.29) is 76.3 Å². The third-order valence-corrected chi connectivity index (χ3v) is 0. The molecule has 0 bridgehead atoms. The molecule has 0 aliphatic rings. The fraction of sp³-hybridized carbons (Fsp3) is 0. The van der Waals surface area contributed by atoms with Crippen molar-refractivity contribution in [1.29, 1.82) is 0 Å². The van der Waals surface area contributed by atoms with Crippen molar-refractivity contribution in [3.63, 3.8) is 0 Å². The predicted octanol–water partition coefficient (Wildman–Crippen LogP) is -1.43. The van der Waals surface area contributed by atoms with Gasteiger partial charge in [-0.2, -0.15) is 0 Å². The van der Waals surface area contributed by atoms with Crippen LogP contribution in [0.1, 0.15) is 0 Å². The molecule has 0 rings (SSSR count). The summed E-state index contributed by atoms with van der Waals surface area (Å²) in [6, 6.07) is 0. The first-order valence-electron chi connectivity index (χ1n) is 3.29. The van der Waals surface area contributed by atoms with E-state index < -0.39 is 30.5 Å². The Labute approximate surface area is 197 Å². The third-order valence-electron chi connectivity index (χ3n) is 0. The Kier molecular flexibility index (Phi) is 82.7. The summed E-state index contributed by atoms with van der Waals surface area (Å²) in [5.74, 6) is 0. The molecule has 0 saturated heterocycles. The van der Waals surface area contributed by atoms with Crippen molar-refractivity contribution in [3.8, 4) is 0 Å². The van der Waals surface area contributed by atoms with Crippen molar-refractivity contribution in [2.75, 3.05) is 0 Å². The summed E-state index contributed by atoms with van der Waals surface area (Å²) in [6.45, 7) is 0. The normalized spacial score (nSPS) is 5.54. The molecule has 0 aromatic rings. The maximum Gasteiger partial charge on any atom is 3.00 e. The van der Waals surface area contributed by atoms with Crippen LogP contribution in [-0.4, -0.2) is 30.5 Å². The van der Waals surface area contributed by atoms with Crippen LogP contribution in [0.25, 0.3) is 0 Å². The Morgan fingerprint density at radius 1 is 0.269 bits per heavy atom. The molecule has 0 N–H and O–H groups in total. The second-order valence-electron chi connectivity index (χ2n) is 1.34. The number of hydrogen-bond acceptors (Lipinski definition) is 18. The summed E-state index contributed by atoms with van der Waals surface area (Å²) >= 11 is 0. The molecule has 0 amide bonds. The van der Waals surface area contributed by atoms with Crippen LogP contribution in [0.2, 0.25) is 0 Å². The molecule has 26 heavy (non-hydrogen) atoms. The minimum absolute atomic E-state index is 0. The van der Waals surface area contributed by atoms with Crippen LogP contribution < -0.4 is 0 Å². The van der Waals surface area contributed by atoms with E-state index in [0.29, 0.717) is 0 Å². The Morgan fingerprint density at radius 2 is 0.269 bits per heavy atom. The zero-order chi connectivity index (χ0) is 21.5. The van der Waals surface area contributed by atoms with Gasteiger partial charge in [-0.15, -0.1) is 0 Å². The quantitative estimate of drug-likeness (QED) is 0.207. The van der Waals surface area contributed by atoms with E-state index in [2.05, 4.69) is 0 Å². The van der Waals surface area contributed by atoms with Gasteiger partial charge in [0.1, 0.15) is 0 Å². The zero-order valence-electron chi connectivity index (χ0n) is 10.7. The average molecular weight is 697 g/mol. The van der Waals surface area contributed by atoms with Crippen LogP contribution in [0.15, 0.2) is 0 Å². The summed E-state index contributed by atoms with van der Waals surface area (Å²) < 4.78 is 0. The maximum absolute atomic E-state index is 8.25. The molecule has 0 aromatic heterocycles. The molecule has 2 radical (unpaired) electrons. The summed E-state index contributed by atoms with van der Waals surface area (Å²) in [5.41, 5.74) is 0. The second-order valence-corrected chi connectivity index (χ2v) is 1.34. The Hall–Kier alpha value is -2.25. The monoisotopic (exact) mass is 700 g/mol. The standard InChI is InChI=1S/2Dy.6NO3/c;;6*2-1(3)4/q2*+3;6*-1. The van der Waals surface area contributed by atoms with Gasteiger partial charge in [0.05, 0.1) is 30.5 Å². The molecular weight excluding hydrogens is 697 g/mol. The molecule has 0 fully saturated rings. The molecule has 0 atom stereocenters. The largest absolute Gasteiger partial charge is 3.00 e. The molecule has 0 heterocycles. The molecule has 26 heteroatoms. The van der Waals surface area contributed by atoms with Crippen LogP contribution >= 0.6 is 0 Å². The molecule has 0 aromatic carbocycles. The van der Waals surface area contributed by atoms with Crippen LogP contribution in [0.5, 0.6) is 0 Å². The molecule has 0 spiro atoms. The van der Waals surface area contributed by atoms with Crippen molar-refractivity contribution in [2.24, 2.45) is 0 Å². The van der Waals surface area contributed by atoms with Gasteiger partial charge in [-0.25, -0.2) is 0 Å². The van der Waals surface area contributed by atoms with Gasteiger partial charge in [0, 0.05) is 0 Å². The minimum Gasteiger partial charge on any atom is -0.356 e. The Morgan fingerprint density at radius 3 is 0.269 bits per heavy atom. The predicted molar refractivity (Wildman–Crippen MR) is 62.2 cm³/mol. The van der Waals surface area contributed by atoms with Gasteiger partial charge in [-0.05, 0) is 0 Å². The smallest absolute Gasteiger partial charge is 0.356 e. The van der Waals surface area contributed by atoms with Crippen molar-refractivity contribution in [1.82, 2.24) is 0 Å². The number of hydrogen-bond donors (Lipinski definition) is 0. The maximum atomic E-state index is 8.25. The van der Waals surface area contributed by atoms with Gasteiger partial charge < -0.3 is 91.9 Å². The van der Waals surface area contributed by atoms with E-state index >= 15 is 0 Å².